The van der Waals surface area contributed by atoms with Crippen LogP contribution in [-0.2, 0) is 0 Å². The molecule has 0 radical (unpaired) electrons. The Morgan fingerprint density at radius 2 is 2.24 bits per heavy atom. The van der Waals surface area contributed by atoms with Crippen LogP contribution in [0.4, 0.5) is 5.69 Å². The summed E-state index contributed by atoms with van der Waals surface area (Å²) in [6, 6.07) is 10.5. The van der Waals surface area contributed by atoms with Crippen molar-refractivity contribution in [2.75, 3.05) is 43.6 Å². The Balaban J connectivity index is 0.00000312. The number of thioether (sulfide) groups is 1. The predicted molar refractivity (Wildman–Crippen MR) is 119 cm³/mol. The molecular formula is C18H28IN5S. The van der Waals surface area contributed by atoms with E-state index in [1.807, 2.05) is 43.1 Å². The summed E-state index contributed by atoms with van der Waals surface area (Å²) in [6.45, 7) is 2.83. The molecule has 0 spiro atoms. The second kappa shape index (κ2) is 12.3. The fourth-order valence-corrected chi connectivity index (χ4v) is 3.40. The molecule has 0 saturated carbocycles. The van der Waals surface area contributed by atoms with Gasteiger partial charge in [0, 0.05) is 32.7 Å². The molecule has 0 aliphatic carbocycles. The molecule has 1 unspecified atom stereocenters. The van der Waals surface area contributed by atoms with Crippen molar-refractivity contribution in [3.05, 3.63) is 29.8 Å². The van der Waals surface area contributed by atoms with Crippen LogP contribution in [0.25, 0.3) is 0 Å². The first-order valence-electron chi connectivity index (χ1n) is 8.48. The zero-order valence-corrected chi connectivity index (χ0v) is 18.1. The molecular weight excluding hydrogens is 445 g/mol. The molecule has 2 N–H and O–H groups in total. The lowest BCUT2D eigenvalue weighted by Crippen LogP contribution is -2.51. The standard InChI is InChI=1S/C18H27N5S.HI/c1-20-18(21-10-6-12-24-2)22-16-8-5-11-23(14-16)17-9-4-3-7-15(17)13-19;/h3-4,7,9,16H,5-6,8,10-12,14H2,1-2H3,(H2,20,21,22);1H. The number of para-hydroxylation sites is 1. The Kier molecular flexibility index (Phi) is 10.7. The highest BCUT2D eigenvalue weighted by molar-refractivity contribution is 14.0. The first kappa shape index (κ1) is 21.9. The average Bonchev–Trinajstić information content (AvgIpc) is 2.64. The van der Waals surface area contributed by atoms with E-state index in [4.69, 9.17) is 0 Å². The highest BCUT2D eigenvalue weighted by Crippen LogP contribution is 2.23. The van der Waals surface area contributed by atoms with Crippen LogP contribution in [0.15, 0.2) is 29.3 Å². The van der Waals surface area contributed by atoms with Crippen molar-refractivity contribution in [3.8, 4) is 6.07 Å². The Hall–Kier alpha value is -1.14. The third-order valence-corrected chi connectivity index (χ3v) is 4.87. The molecule has 7 heteroatoms. The zero-order valence-electron chi connectivity index (χ0n) is 15.0. The van der Waals surface area contributed by atoms with Gasteiger partial charge < -0.3 is 15.5 Å². The zero-order chi connectivity index (χ0) is 17.2. The molecule has 1 saturated heterocycles. The molecule has 1 aromatic rings. The number of piperidine rings is 1. The van der Waals surface area contributed by atoms with Gasteiger partial charge in [0.2, 0.25) is 0 Å². The summed E-state index contributed by atoms with van der Waals surface area (Å²) in [5.41, 5.74) is 1.78. The molecule has 1 aliphatic rings. The van der Waals surface area contributed by atoms with Gasteiger partial charge in [-0.1, -0.05) is 12.1 Å². The third-order valence-electron chi connectivity index (χ3n) is 4.17. The Morgan fingerprint density at radius 3 is 2.96 bits per heavy atom. The summed E-state index contributed by atoms with van der Waals surface area (Å²) in [6.07, 6.45) is 5.49. The summed E-state index contributed by atoms with van der Waals surface area (Å²) < 4.78 is 0. The van der Waals surface area contributed by atoms with E-state index in [-0.39, 0.29) is 24.0 Å². The number of nitriles is 1. The number of benzene rings is 1. The SMILES string of the molecule is CN=C(NCCCSC)NC1CCCN(c2ccccc2C#N)C1.I. The number of aliphatic imine (C=N–C) groups is 1. The summed E-state index contributed by atoms with van der Waals surface area (Å²) in [7, 11) is 1.81. The Bertz CT molecular complexity index is 587. The van der Waals surface area contributed by atoms with E-state index in [2.05, 4.69) is 32.9 Å². The molecule has 0 aromatic heterocycles. The van der Waals surface area contributed by atoms with E-state index in [1.54, 1.807) is 0 Å². The molecule has 1 fully saturated rings. The van der Waals surface area contributed by atoms with Gasteiger partial charge >= 0.3 is 0 Å². The molecule has 2 rings (SSSR count). The van der Waals surface area contributed by atoms with E-state index >= 15 is 0 Å². The van der Waals surface area contributed by atoms with E-state index in [0.29, 0.717) is 6.04 Å². The van der Waals surface area contributed by atoms with Crippen LogP contribution in [0, 0.1) is 11.3 Å². The van der Waals surface area contributed by atoms with Gasteiger partial charge in [-0.2, -0.15) is 17.0 Å². The quantitative estimate of drug-likeness (QED) is 0.288. The lowest BCUT2D eigenvalue weighted by molar-refractivity contribution is 0.468. The predicted octanol–water partition coefficient (Wildman–Crippen LogP) is 3.06. The summed E-state index contributed by atoms with van der Waals surface area (Å²) in [4.78, 5) is 6.63. The summed E-state index contributed by atoms with van der Waals surface area (Å²) in [5, 5.41) is 16.2. The highest BCUT2D eigenvalue weighted by Gasteiger charge is 2.22. The van der Waals surface area contributed by atoms with Gasteiger partial charge in [-0.15, -0.1) is 24.0 Å². The minimum atomic E-state index is 0. The van der Waals surface area contributed by atoms with Crippen molar-refractivity contribution in [2.45, 2.75) is 25.3 Å². The van der Waals surface area contributed by atoms with Crippen LogP contribution in [0.1, 0.15) is 24.8 Å². The summed E-state index contributed by atoms with van der Waals surface area (Å²) in [5.74, 6) is 2.03. The van der Waals surface area contributed by atoms with Crippen LogP contribution >= 0.6 is 35.7 Å². The molecule has 1 atom stereocenters. The molecule has 1 aromatic carbocycles. The second-order valence-electron chi connectivity index (χ2n) is 5.90. The van der Waals surface area contributed by atoms with Crippen LogP contribution in [0.5, 0.6) is 0 Å². The van der Waals surface area contributed by atoms with Crippen LogP contribution < -0.4 is 15.5 Å². The number of nitrogens with one attached hydrogen (secondary N) is 2. The monoisotopic (exact) mass is 473 g/mol. The van der Waals surface area contributed by atoms with E-state index in [0.717, 1.165) is 61.9 Å². The molecule has 1 heterocycles. The van der Waals surface area contributed by atoms with E-state index < -0.39 is 0 Å². The van der Waals surface area contributed by atoms with Gasteiger partial charge in [0.25, 0.3) is 0 Å². The van der Waals surface area contributed by atoms with Crippen LogP contribution in [0.3, 0.4) is 0 Å². The Morgan fingerprint density at radius 1 is 1.44 bits per heavy atom. The fourth-order valence-electron chi connectivity index (χ4n) is 2.97. The second-order valence-corrected chi connectivity index (χ2v) is 6.89. The molecule has 0 bridgehead atoms. The number of rotatable bonds is 6. The topological polar surface area (TPSA) is 63.5 Å². The molecule has 1 aliphatic heterocycles. The van der Waals surface area contributed by atoms with Gasteiger partial charge in [-0.05, 0) is 43.4 Å². The lowest BCUT2D eigenvalue weighted by Gasteiger charge is -2.35. The Labute approximate surface area is 172 Å². The van der Waals surface area contributed by atoms with Gasteiger partial charge in [0.05, 0.1) is 11.3 Å². The fraction of sp³-hybridized carbons (Fsp3) is 0.556. The average molecular weight is 473 g/mol. The number of halogens is 1. The van der Waals surface area contributed by atoms with E-state index in [1.165, 1.54) is 0 Å². The van der Waals surface area contributed by atoms with Crippen molar-refractivity contribution >= 4 is 47.4 Å². The van der Waals surface area contributed by atoms with Gasteiger partial charge in [-0.3, -0.25) is 4.99 Å². The minimum absolute atomic E-state index is 0. The lowest BCUT2D eigenvalue weighted by atomic mass is 10.0. The maximum Gasteiger partial charge on any atom is 0.191 e. The maximum atomic E-state index is 9.32. The van der Waals surface area contributed by atoms with Crippen molar-refractivity contribution in [2.24, 2.45) is 4.99 Å². The van der Waals surface area contributed by atoms with Crippen molar-refractivity contribution < 1.29 is 0 Å². The molecule has 0 amide bonds. The smallest absolute Gasteiger partial charge is 0.191 e. The number of nitrogens with zero attached hydrogens (tertiary/aromatic N) is 3. The normalized spacial score (nSPS) is 17.4. The molecule has 138 valence electrons. The number of guanidine groups is 1. The van der Waals surface area contributed by atoms with Gasteiger partial charge in [0.15, 0.2) is 5.96 Å². The summed E-state index contributed by atoms with van der Waals surface area (Å²) >= 11 is 1.86. The first-order chi connectivity index (χ1) is 11.8. The first-order valence-corrected chi connectivity index (χ1v) is 9.88. The largest absolute Gasteiger partial charge is 0.368 e. The minimum Gasteiger partial charge on any atom is -0.368 e. The van der Waals surface area contributed by atoms with Crippen molar-refractivity contribution in [1.29, 1.82) is 5.26 Å². The molecule has 25 heavy (non-hydrogen) atoms. The van der Waals surface area contributed by atoms with E-state index in [9.17, 15) is 5.26 Å². The third kappa shape index (κ3) is 6.94. The molecule has 5 nitrogen and oxygen atoms in total. The van der Waals surface area contributed by atoms with Crippen molar-refractivity contribution in [3.63, 3.8) is 0 Å². The number of hydrogen-bond donors (Lipinski definition) is 2. The van der Waals surface area contributed by atoms with Gasteiger partial charge in [0.1, 0.15) is 6.07 Å². The number of hydrogen-bond acceptors (Lipinski definition) is 4. The van der Waals surface area contributed by atoms with Gasteiger partial charge in [-0.25, -0.2) is 0 Å². The van der Waals surface area contributed by atoms with Crippen molar-refractivity contribution in [1.82, 2.24) is 10.6 Å². The van der Waals surface area contributed by atoms with Crippen LogP contribution in [0.2, 0.25) is 0 Å². The maximum absolute atomic E-state index is 9.32. The highest BCUT2D eigenvalue weighted by atomic mass is 127. The van der Waals surface area contributed by atoms with Crippen LogP contribution in [-0.4, -0.2) is 50.7 Å². The number of anilines is 1.